The van der Waals surface area contributed by atoms with E-state index in [0.717, 1.165) is 17.5 Å². The first-order chi connectivity index (χ1) is 17.5. The SMILES string of the molecule is O=C(O)[C@H]1O[C@@H](n2cnc3c(N[C@@H]4CCOC4)nc(-n4cc(-c5ccncc5)cn4)nc32)[C@@H](O)[C@H]1O. The summed E-state index contributed by atoms with van der Waals surface area (Å²) in [6.45, 7) is 1.13. The van der Waals surface area contributed by atoms with Crippen molar-refractivity contribution in [2.75, 3.05) is 18.5 Å². The fraction of sp³-hybridized carbons (Fsp3) is 0.364. The molecule has 2 aliphatic rings. The Labute approximate surface area is 203 Å². The lowest BCUT2D eigenvalue weighted by Gasteiger charge is -2.17. The molecule has 2 aliphatic heterocycles. The minimum absolute atomic E-state index is 0.0117. The molecule has 5 atom stereocenters. The summed E-state index contributed by atoms with van der Waals surface area (Å²) in [6, 6.07) is 3.73. The highest BCUT2D eigenvalue weighted by Crippen LogP contribution is 2.33. The van der Waals surface area contributed by atoms with Gasteiger partial charge in [0.2, 0.25) is 0 Å². The number of anilines is 1. The molecule has 2 fully saturated rings. The number of pyridine rings is 1. The van der Waals surface area contributed by atoms with Crippen LogP contribution in [0.25, 0.3) is 28.2 Å². The largest absolute Gasteiger partial charge is 0.479 e. The molecule has 4 aromatic heterocycles. The molecule has 0 spiro atoms. The fourth-order valence-corrected chi connectivity index (χ4v) is 4.36. The maximum atomic E-state index is 11.5. The fourth-order valence-electron chi connectivity index (χ4n) is 4.36. The zero-order valence-electron chi connectivity index (χ0n) is 18.7. The number of nitrogens with zero attached hydrogens (tertiary/aromatic N) is 7. The average Bonchev–Trinajstić information content (AvgIpc) is 3.68. The van der Waals surface area contributed by atoms with Crippen LogP contribution in [0.4, 0.5) is 5.82 Å². The molecule has 4 aromatic rings. The topological polar surface area (TPSA) is 183 Å². The van der Waals surface area contributed by atoms with Gasteiger partial charge in [-0.15, -0.1) is 0 Å². The van der Waals surface area contributed by atoms with Gasteiger partial charge in [-0.3, -0.25) is 9.55 Å². The van der Waals surface area contributed by atoms with Crippen molar-refractivity contribution in [1.82, 2.24) is 34.3 Å². The molecule has 36 heavy (non-hydrogen) atoms. The van der Waals surface area contributed by atoms with Crippen molar-refractivity contribution < 1.29 is 29.6 Å². The van der Waals surface area contributed by atoms with Crippen LogP contribution >= 0.6 is 0 Å². The van der Waals surface area contributed by atoms with E-state index in [1.165, 1.54) is 15.6 Å². The number of aliphatic hydroxyl groups excluding tert-OH is 2. The van der Waals surface area contributed by atoms with Crippen LogP contribution in [0.1, 0.15) is 12.6 Å². The third kappa shape index (κ3) is 3.85. The molecule has 2 saturated heterocycles. The van der Waals surface area contributed by atoms with E-state index in [-0.39, 0.29) is 17.6 Å². The van der Waals surface area contributed by atoms with Crippen molar-refractivity contribution in [3.8, 4) is 17.1 Å². The second-order valence-corrected chi connectivity index (χ2v) is 8.58. The van der Waals surface area contributed by atoms with Gasteiger partial charge in [-0.25, -0.2) is 14.5 Å². The molecule has 0 saturated carbocycles. The molecule has 0 aromatic carbocycles. The molecule has 6 heterocycles. The number of rotatable bonds is 6. The lowest BCUT2D eigenvalue weighted by atomic mass is 10.1. The van der Waals surface area contributed by atoms with E-state index in [2.05, 4.69) is 30.4 Å². The van der Waals surface area contributed by atoms with E-state index in [1.807, 2.05) is 12.1 Å². The molecule has 14 heteroatoms. The van der Waals surface area contributed by atoms with Gasteiger partial charge in [-0.2, -0.15) is 15.1 Å². The number of imidazole rings is 1. The van der Waals surface area contributed by atoms with Gasteiger partial charge >= 0.3 is 5.97 Å². The van der Waals surface area contributed by atoms with Crippen LogP contribution < -0.4 is 5.32 Å². The minimum Gasteiger partial charge on any atom is -0.479 e. The quantitative estimate of drug-likeness (QED) is 0.281. The number of carboxylic acids is 1. The third-order valence-corrected chi connectivity index (χ3v) is 6.24. The molecule has 0 aliphatic carbocycles. The smallest absolute Gasteiger partial charge is 0.335 e. The first-order valence-electron chi connectivity index (χ1n) is 11.3. The number of fused-ring (bicyclic) bond motifs is 1. The monoisotopic (exact) mass is 494 g/mol. The van der Waals surface area contributed by atoms with Crippen LogP contribution in [0.2, 0.25) is 0 Å². The first-order valence-corrected chi connectivity index (χ1v) is 11.3. The van der Waals surface area contributed by atoms with Crippen molar-refractivity contribution in [2.45, 2.75) is 37.0 Å². The zero-order chi connectivity index (χ0) is 24.8. The normalized spacial score (nSPS) is 26.0. The number of hydrogen-bond donors (Lipinski definition) is 4. The highest BCUT2D eigenvalue weighted by atomic mass is 16.6. The number of aliphatic hydroxyl groups is 2. The molecule has 0 unspecified atom stereocenters. The summed E-state index contributed by atoms with van der Waals surface area (Å²) in [6.07, 6.45) is 3.03. The maximum absolute atomic E-state index is 11.5. The van der Waals surface area contributed by atoms with Gasteiger partial charge in [0.15, 0.2) is 29.3 Å². The summed E-state index contributed by atoms with van der Waals surface area (Å²) in [7, 11) is 0. The van der Waals surface area contributed by atoms with Crippen molar-refractivity contribution in [3.05, 3.63) is 43.2 Å². The zero-order valence-corrected chi connectivity index (χ0v) is 18.7. The highest BCUT2D eigenvalue weighted by Gasteiger charge is 2.48. The van der Waals surface area contributed by atoms with Crippen LogP contribution in [0.5, 0.6) is 0 Å². The lowest BCUT2D eigenvalue weighted by molar-refractivity contribution is -0.155. The first kappa shape index (κ1) is 22.5. The van der Waals surface area contributed by atoms with Gasteiger partial charge in [-0.1, -0.05) is 0 Å². The van der Waals surface area contributed by atoms with Crippen LogP contribution in [0.15, 0.2) is 43.2 Å². The van der Waals surface area contributed by atoms with Gasteiger partial charge in [-0.05, 0) is 24.1 Å². The average molecular weight is 494 g/mol. The number of carbonyl (C=O) groups is 1. The molecule has 0 radical (unpaired) electrons. The Morgan fingerprint density at radius 1 is 1.14 bits per heavy atom. The second-order valence-electron chi connectivity index (χ2n) is 8.58. The van der Waals surface area contributed by atoms with E-state index >= 15 is 0 Å². The lowest BCUT2D eigenvalue weighted by Crippen LogP contribution is -2.35. The summed E-state index contributed by atoms with van der Waals surface area (Å²) in [5.74, 6) is -0.741. The van der Waals surface area contributed by atoms with E-state index < -0.39 is 30.5 Å². The summed E-state index contributed by atoms with van der Waals surface area (Å²) in [4.78, 5) is 29.1. The minimum atomic E-state index is -1.62. The Morgan fingerprint density at radius 2 is 1.97 bits per heavy atom. The number of ether oxygens (including phenoxy) is 2. The maximum Gasteiger partial charge on any atom is 0.335 e. The van der Waals surface area contributed by atoms with Gasteiger partial charge in [0.25, 0.3) is 5.95 Å². The third-order valence-electron chi connectivity index (χ3n) is 6.24. The Balaban J connectivity index is 1.44. The summed E-state index contributed by atoms with van der Waals surface area (Å²) >= 11 is 0. The number of aromatic nitrogens is 7. The molecule has 0 bridgehead atoms. The Morgan fingerprint density at radius 3 is 2.69 bits per heavy atom. The summed E-state index contributed by atoms with van der Waals surface area (Å²) in [5.41, 5.74) is 2.40. The molecular formula is C22H22N8O6. The Hall–Kier alpha value is -3.98. The second kappa shape index (κ2) is 8.91. The van der Waals surface area contributed by atoms with Crippen LogP contribution in [0.3, 0.4) is 0 Å². The van der Waals surface area contributed by atoms with Crippen LogP contribution in [-0.2, 0) is 14.3 Å². The van der Waals surface area contributed by atoms with Crippen molar-refractivity contribution in [3.63, 3.8) is 0 Å². The summed E-state index contributed by atoms with van der Waals surface area (Å²) in [5, 5.41) is 37.8. The van der Waals surface area contributed by atoms with E-state index in [1.54, 1.807) is 24.8 Å². The number of carboxylic acid groups (broad SMARTS) is 1. The summed E-state index contributed by atoms with van der Waals surface area (Å²) < 4.78 is 13.8. The van der Waals surface area contributed by atoms with E-state index in [0.29, 0.717) is 24.5 Å². The molecule has 14 nitrogen and oxygen atoms in total. The van der Waals surface area contributed by atoms with Crippen molar-refractivity contribution >= 4 is 23.0 Å². The Kier molecular flexibility index (Phi) is 5.56. The molecule has 6 rings (SSSR count). The van der Waals surface area contributed by atoms with E-state index in [9.17, 15) is 20.1 Å². The molecule has 186 valence electrons. The van der Waals surface area contributed by atoms with Crippen molar-refractivity contribution in [2.24, 2.45) is 0 Å². The standard InChI is InChI=1S/C22H22N8O6/c31-15-16(32)20(36-17(15)21(33)34)29-10-24-14-18(26-13-3-6-35-9-13)27-22(28-19(14)29)30-8-12(7-25-30)11-1-4-23-5-2-11/h1-2,4-5,7-8,10,13,15-17,20,31-32H,3,6,9H2,(H,33,34)(H,26,27,28)/t13-,15-,16+,17+,20-/m1/s1. The van der Waals surface area contributed by atoms with Gasteiger partial charge < -0.3 is 30.1 Å². The van der Waals surface area contributed by atoms with Gasteiger partial charge in [0, 0.05) is 30.8 Å². The number of nitrogens with one attached hydrogen (secondary N) is 1. The number of aliphatic carboxylic acids is 1. The molecular weight excluding hydrogens is 472 g/mol. The van der Waals surface area contributed by atoms with Crippen LogP contribution in [0, 0.1) is 0 Å². The Bertz CT molecular complexity index is 1400. The van der Waals surface area contributed by atoms with Gasteiger partial charge in [0.05, 0.1) is 25.2 Å². The van der Waals surface area contributed by atoms with Crippen molar-refractivity contribution in [1.29, 1.82) is 0 Å². The van der Waals surface area contributed by atoms with Crippen LogP contribution in [-0.4, -0.2) is 93.1 Å². The van der Waals surface area contributed by atoms with Gasteiger partial charge in [0.1, 0.15) is 12.2 Å². The number of hydrogen-bond acceptors (Lipinski definition) is 11. The molecule has 4 N–H and O–H groups in total. The predicted molar refractivity (Wildman–Crippen MR) is 122 cm³/mol. The predicted octanol–water partition coefficient (Wildman–Crippen LogP) is -0.0214. The molecule has 0 amide bonds. The highest BCUT2D eigenvalue weighted by molar-refractivity contribution is 5.84. The van der Waals surface area contributed by atoms with E-state index in [4.69, 9.17) is 9.47 Å².